The first-order chi connectivity index (χ1) is 6.45. The van der Waals surface area contributed by atoms with Crippen molar-refractivity contribution in [1.82, 2.24) is 5.32 Å². The molecule has 0 aromatic carbocycles. The molecule has 0 aliphatic heterocycles. The lowest BCUT2D eigenvalue weighted by Gasteiger charge is -2.31. The Morgan fingerprint density at radius 3 is 1.93 bits per heavy atom. The van der Waals surface area contributed by atoms with Gasteiger partial charge < -0.3 is 11.1 Å². The molecular formula is C12H28N2. The van der Waals surface area contributed by atoms with Crippen molar-refractivity contribution in [2.75, 3.05) is 13.1 Å². The highest BCUT2D eigenvalue weighted by molar-refractivity contribution is 4.81. The summed E-state index contributed by atoms with van der Waals surface area (Å²) in [5.74, 6) is 0.798. The Balaban J connectivity index is 3.95. The van der Waals surface area contributed by atoms with Crippen molar-refractivity contribution < 1.29 is 0 Å². The molecule has 0 heterocycles. The van der Waals surface area contributed by atoms with Gasteiger partial charge in [0.2, 0.25) is 0 Å². The maximum Gasteiger partial charge on any atom is 0.0238 e. The van der Waals surface area contributed by atoms with Gasteiger partial charge in [-0.15, -0.1) is 0 Å². The fraction of sp³-hybridized carbons (Fsp3) is 1.00. The molecule has 2 nitrogen and oxygen atoms in total. The van der Waals surface area contributed by atoms with E-state index >= 15 is 0 Å². The minimum absolute atomic E-state index is 0.265. The fourth-order valence-corrected chi connectivity index (χ4v) is 1.63. The molecule has 0 aromatic heterocycles. The van der Waals surface area contributed by atoms with Crippen LogP contribution in [0.15, 0.2) is 0 Å². The molecule has 86 valence electrons. The van der Waals surface area contributed by atoms with Gasteiger partial charge in [0.25, 0.3) is 0 Å². The number of nitrogens with one attached hydrogen (secondary N) is 1. The molecule has 0 aromatic rings. The van der Waals surface area contributed by atoms with Gasteiger partial charge in [0.05, 0.1) is 0 Å². The highest BCUT2D eigenvalue weighted by Gasteiger charge is 2.22. The lowest BCUT2D eigenvalue weighted by atomic mass is 9.86. The number of nitrogens with two attached hydrogens (primary N) is 1. The minimum atomic E-state index is 0.265. The maximum atomic E-state index is 5.77. The fourth-order valence-electron chi connectivity index (χ4n) is 1.63. The van der Waals surface area contributed by atoms with Gasteiger partial charge in [-0.25, -0.2) is 0 Å². The second-order valence-corrected chi connectivity index (χ2v) is 5.25. The van der Waals surface area contributed by atoms with Crippen LogP contribution in [0.5, 0.6) is 0 Å². The van der Waals surface area contributed by atoms with E-state index in [1.165, 1.54) is 12.8 Å². The molecule has 0 spiro atoms. The second kappa shape index (κ2) is 6.41. The molecule has 0 aliphatic rings. The van der Waals surface area contributed by atoms with Crippen molar-refractivity contribution in [2.45, 2.75) is 53.5 Å². The standard InChI is InChI=1S/C12H28N2/c1-6-10(7-2)9-14-11(8-13)12(3,4)5/h10-11,14H,6-9,13H2,1-5H3. The molecule has 0 aliphatic carbocycles. The van der Waals surface area contributed by atoms with Crippen LogP contribution in [0.1, 0.15) is 47.5 Å². The quantitative estimate of drug-likeness (QED) is 0.691. The van der Waals surface area contributed by atoms with Gasteiger partial charge >= 0.3 is 0 Å². The van der Waals surface area contributed by atoms with Crippen LogP contribution >= 0.6 is 0 Å². The third-order valence-electron chi connectivity index (χ3n) is 3.09. The molecule has 2 heteroatoms. The zero-order valence-electron chi connectivity index (χ0n) is 10.6. The molecule has 0 radical (unpaired) electrons. The Labute approximate surface area is 89.6 Å². The van der Waals surface area contributed by atoms with Crippen molar-refractivity contribution in [3.05, 3.63) is 0 Å². The van der Waals surface area contributed by atoms with Crippen LogP contribution in [0.25, 0.3) is 0 Å². The molecule has 1 atom stereocenters. The summed E-state index contributed by atoms with van der Waals surface area (Å²) >= 11 is 0. The second-order valence-electron chi connectivity index (χ2n) is 5.25. The molecule has 1 unspecified atom stereocenters. The minimum Gasteiger partial charge on any atom is -0.329 e. The van der Waals surface area contributed by atoms with Crippen LogP contribution in [0, 0.1) is 11.3 Å². The smallest absolute Gasteiger partial charge is 0.0238 e. The predicted octanol–water partition coefficient (Wildman–Crippen LogP) is 2.39. The van der Waals surface area contributed by atoms with Gasteiger partial charge in [0.15, 0.2) is 0 Å². The summed E-state index contributed by atoms with van der Waals surface area (Å²) in [6.45, 7) is 13.1. The summed E-state index contributed by atoms with van der Waals surface area (Å²) in [5, 5.41) is 3.59. The van der Waals surface area contributed by atoms with Gasteiger partial charge in [-0.05, 0) is 17.9 Å². The van der Waals surface area contributed by atoms with Crippen molar-refractivity contribution in [1.29, 1.82) is 0 Å². The molecule has 14 heavy (non-hydrogen) atoms. The SMILES string of the molecule is CCC(CC)CNC(CN)C(C)(C)C. The average molecular weight is 200 g/mol. The Morgan fingerprint density at radius 2 is 1.64 bits per heavy atom. The molecule has 0 amide bonds. The first kappa shape index (κ1) is 13.9. The van der Waals surface area contributed by atoms with Crippen molar-refractivity contribution in [3.8, 4) is 0 Å². The molecule has 3 N–H and O–H groups in total. The van der Waals surface area contributed by atoms with Gasteiger partial charge in [-0.2, -0.15) is 0 Å². The van der Waals surface area contributed by atoms with E-state index in [1.807, 2.05) is 0 Å². The lowest BCUT2D eigenvalue weighted by Crippen LogP contribution is -2.47. The first-order valence-electron chi connectivity index (χ1n) is 5.89. The maximum absolute atomic E-state index is 5.77. The lowest BCUT2D eigenvalue weighted by molar-refractivity contribution is 0.258. The molecule has 0 rings (SSSR count). The summed E-state index contributed by atoms with van der Waals surface area (Å²) in [6, 6.07) is 0.433. The Kier molecular flexibility index (Phi) is 6.38. The highest BCUT2D eigenvalue weighted by atomic mass is 14.9. The predicted molar refractivity (Wildman–Crippen MR) is 64.4 cm³/mol. The zero-order valence-corrected chi connectivity index (χ0v) is 10.6. The van der Waals surface area contributed by atoms with Crippen molar-refractivity contribution in [3.63, 3.8) is 0 Å². The summed E-state index contributed by atoms with van der Waals surface area (Å²) in [7, 11) is 0. The largest absolute Gasteiger partial charge is 0.329 e. The van der Waals surface area contributed by atoms with E-state index in [-0.39, 0.29) is 5.41 Å². The van der Waals surface area contributed by atoms with E-state index in [9.17, 15) is 0 Å². The molecule has 0 saturated carbocycles. The van der Waals surface area contributed by atoms with E-state index in [0.717, 1.165) is 19.0 Å². The van der Waals surface area contributed by atoms with Gasteiger partial charge in [-0.1, -0.05) is 47.5 Å². The summed E-state index contributed by atoms with van der Waals surface area (Å²) in [6.07, 6.45) is 2.51. The Morgan fingerprint density at radius 1 is 1.14 bits per heavy atom. The van der Waals surface area contributed by atoms with Gasteiger partial charge in [0.1, 0.15) is 0 Å². The Hall–Kier alpha value is -0.0800. The van der Waals surface area contributed by atoms with E-state index in [0.29, 0.717) is 6.04 Å². The average Bonchev–Trinajstić information content (AvgIpc) is 2.10. The molecule has 0 saturated heterocycles. The van der Waals surface area contributed by atoms with Crippen molar-refractivity contribution >= 4 is 0 Å². The third kappa shape index (κ3) is 4.97. The topological polar surface area (TPSA) is 38.0 Å². The zero-order chi connectivity index (χ0) is 11.2. The third-order valence-corrected chi connectivity index (χ3v) is 3.09. The number of rotatable bonds is 6. The number of hydrogen-bond acceptors (Lipinski definition) is 2. The molecule has 0 fully saturated rings. The number of hydrogen-bond donors (Lipinski definition) is 2. The summed E-state index contributed by atoms with van der Waals surface area (Å²) in [4.78, 5) is 0. The van der Waals surface area contributed by atoms with Crippen molar-refractivity contribution in [2.24, 2.45) is 17.1 Å². The van der Waals surface area contributed by atoms with Gasteiger partial charge in [-0.3, -0.25) is 0 Å². The van der Waals surface area contributed by atoms with E-state index < -0.39 is 0 Å². The normalized spacial score (nSPS) is 14.8. The summed E-state index contributed by atoms with van der Waals surface area (Å²) in [5.41, 5.74) is 6.03. The first-order valence-corrected chi connectivity index (χ1v) is 5.89. The summed E-state index contributed by atoms with van der Waals surface area (Å²) < 4.78 is 0. The van der Waals surface area contributed by atoms with Gasteiger partial charge in [0, 0.05) is 12.6 Å². The molecular weight excluding hydrogens is 172 g/mol. The van der Waals surface area contributed by atoms with E-state index in [1.54, 1.807) is 0 Å². The van der Waals surface area contributed by atoms with Crippen LogP contribution < -0.4 is 11.1 Å². The van der Waals surface area contributed by atoms with Crippen LogP contribution in [0.4, 0.5) is 0 Å². The van der Waals surface area contributed by atoms with E-state index in [4.69, 9.17) is 5.73 Å². The highest BCUT2D eigenvalue weighted by Crippen LogP contribution is 2.18. The van der Waals surface area contributed by atoms with Crippen LogP contribution in [0.2, 0.25) is 0 Å². The molecule has 0 bridgehead atoms. The Bertz CT molecular complexity index is 134. The van der Waals surface area contributed by atoms with E-state index in [2.05, 4.69) is 39.9 Å². The van der Waals surface area contributed by atoms with Crippen LogP contribution in [-0.4, -0.2) is 19.1 Å². The van der Waals surface area contributed by atoms with Crippen LogP contribution in [0.3, 0.4) is 0 Å². The van der Waals surface area contributed by atoms with Crippen LogP contribution in [-0.2, 0) is 0 Å². The monoisotopic (exact) mass is 200 g/mol.